The second-order valence-corrected chi connectivity index (χ2v) is 5.77. The van der Waals surface area contributed by atoms with Crippen LogP contribution < -0.4 is 15.6 Å². The quantitative estimate of drug-likeness (QED) is 0.805. The van der Waals surface area contributed by atoms with E-state index in [-0.39, 0.29) is 12.5 Å². The number of hydrazine groups is 1. The summed E-state index contributed by atoms with van der Waals surface area (Å²) in [4.78, 5) is 23.8. The van der Waals surface area contributed by atoms with Crippen molar-refractivity contribution in [1.29, 1.82) is 0 Å². The number of ether oxygens (including phenoxy) is 1. The lowest BCUT2D eigenvalue weighted by atomic mass is 10.3. The summed E-state index contributed by atoms with van der Waals surface area (Å²) >= 11 is 5.78. The van der Waals surface area contributed by atoms with Crippen LogP contribution >= 0.6 is 11.6 Å². The van der Waals surface area contributed by atoms with E-state index in [1.54, 1.807) is 35.9 Å². The number of nitrogens with one attached hydrogen (secondary N) is 2. The molecule has 0 aliphatic rings. The lowest BCUT2D eigenvalue weighted by molar-refractivity contribution is -0.133. The van der Waals surface area contributed by atoms with Crippen LogP contribution in [0.25, 0.3) is 0 Å². The number of carbonyl (C=O) groups excluding carboxylic acids is 2. The number of rotatable bonds is 5. The molecule has 128 valence electrons. The third-order valence-electron chi connectivity index (χ3n) is 3.22. The van der Waals surface area contributed by atoms with Crippen LogP contribution in [0.2, 0.25) is 5.02 Å². The highest BCUT2D eigenvalue weighted by atomic mass is 35.5. The molecule has 1 aromatic heterocycles. The molecule has 2 N–H and O–H groups in total. The van der Waals surface area contributed by atoms with Crippen molar-refractivity contribution in [3.63, 3.8) is 0 Å². The fraction of sp³-hybridized carbons (Fsp3) is 0.312. The normalized spacial score (nSPS) is 11.7. The lowest BCUT2D eigenvalue weighted by Gasteiger charge is -2.15. The minimum atomic E-state index is -0.778. The first-order valence-corrected chi connectivity index (χ1v) is 7.75. The maximum Gasteiger partial charge on any atom is 0.279 e. The fourth-order valence-corrected chi connectivity index (χ4v) is 2.14. The van der Waals surface area contributed by atoms with Gasteiger partial charge in [-0.25, -0.2) is 0 Å². The summed E-state index contributed by atoms with van der Waals surface area (Å²) in [6.07, 6.45) is -0.778. The summed E-state index contributed by atoms with van der Waals surface area (Å²) in [6, 6.07) is 8.52. The van der Waals surface area contributed by atoms with Crippen molar-refractivity contribution in [2.24, 2.45) is 0 Å². The summed E-state index contributed by atoms with van der Waals surface area (Å²) < 4.78 is 7.02. The van der Waals surface area contributed by atoms with Crippen LogP contribution in [-0.4, -0.2) is 27.7 Å². The topological polar surface area (TPSA) is 85.2 Å². The van der Waals surface area contributed by atoms with Gasteiger partial charge in [0.2, 0.25) is 0 Å². The van der Waals surface area contributed by atoms with Gasteiger partial charge in [0, 0.05) is 10.7 Å². The first-order chi connectivity index (χ1) is 11.3. The van der Waals surface area contributed by atoms with E-state index < -0.39 is 12.0 Å². The molecular weight excluding hydrogens is 332 g/mol. The van der Waals surface area contributed by atoms with Crippen LogP contribution in [0.3, 0.4) is 0 Å². The van der Waals surface area contributed by atoms with Gasteiger partial charge in [0.15, 0.2) is 6.10 Å². The van der Waals surface area contributed by atoms with Crippen molar-refractivity contribution >= 4 is 23.4 Å². The molecule has 0 fully saturated rings. The summed E-state index contributed by atoms with van der Waals surface area (Å²) in [5, 5.41) is 4.76. The molecule has 0 radical (unpaired) electrons. The number of hydrogen-bond donors (Lipinski definition) is 2. The van der Waals surface area contributed by atoms with Crippen molar-refractivity contribution in [3.05, 3.63) is 46.7 Å². The summed E-state index contributed by atoms with van der Waals surface area (Å²) in [6.45, 7) is 5.30. The van der Waals surface area contributed by atoms with E-state index in [4.69, 9.17) is 16.3 Å². The van der Waals surface area contributed by atoms with Gasteiger partial charge in [-0.1, -0.05) is 11.6 Å². The smallest absolute Gasteiger partial charge is 0.279 e. The molecule has 8 heteroatoms. The number of aromatic nitrogens is 2. The van der Waals surface area contributed by atoms with Crippen molar-refractivity contribution in [2.45, 2.75) is 33.4 Å². The molecule has 1 heterocycles. The van der Waals surface area contributed by atoms with Gasteiger partial charge in [0.05, 0.1) is 5.69 Å². The second kappa shape index (κ2) is 7.83. The zero-order valence-corrected chi connectivity index (χ0v) is 14.4. The number of amides is 2. The SMILES string of the molecule is Cc1cc(C)n(CC(=O)NNC(=O)C(C)Oc2ccc(Cl)cc2)n1. The minimum absolute atomic E-state index is 0.0202. The zero-order chi connectivity index (χ0) is 17.7. The van der Waals surface area contributed by atoms with Crippen molar-refractivity contribution in [2.75, 3.05) is 0 Å². The summed E-state index contributed by atoms with van der Waals surface area (Å²) in [5.41, 5.74) is 6.37. The van der Waals surface area contributed by atoms with E-state index in [9.17, 15) is 9.59 Å². The molecule has 0 bridgehead atoms. The van der Waals surface area contributed by atoms with E-state index in [2.05, 4.69) is 16.0 Å². The third kappa shape index (κ3) is 4.99. The maximum absolute atomic E-state index is 11.9. The van der Waals surface area contributed by atoms with Gasteiger partial charge in [-0.3, -0.25) is 25.1 Å². The number of hydrogen-bond acceptors (Lipinski definition) is 4. The Bertz CT molecular complexity index is 727. The Morgan fingerprint density at radius 1 is 1.25 bits per heavy atom. The van der Waals surface area contributed by atoms with Gasteiger partial charge in [0.1, 0.15) is 12.3 Å². The summed E-state index contributed by atoms with van der Waals surface area (Å²) in [5.74, 6) is -0.337. The molecule has 0 aliphatic heterocycles. The molecule has 1 aromatic carbocycles. The number of aryl methyl sites for hydroxylation is 2. The number of carbonyl (C=O) groups is 2. The molecule has 0 aliphatic carbocycles. The van der Waals surface area contributed by atoms with Gasteiger partial charge in [-0.15, -0.1) is 0 Å². The molecule has 0 saturated carbocycles. The number of halogens is 1. The molecule has 0 spiro atoms. The zero-order valence-electron chi connectivity index (χ0n) is 13.7. The van der Waals surface area contributed by atoms with Gasteiger partial charge in [0.25, 0.3) is 11.8 Å². The van der Waals surface area contributed by atoms with Crippen molar-refractivity contribution in [1.82, 2.24) is 20.6 Å². The van der Waals surface area contributed by atoms with Crippen molar-refractivity contribution in [3.8, 4) is 5.75 Å². The first-order valence-electron chi connectivity index (χ1n) is 7.37. The van der Waals surface area contributed by atoms with E-state index in [0.29, 0.717) is 10.8 Å². The van der Waals surface area contributed by atoms with Crippen LogP contribution in [0.4, 0.5) is 0 Å². The standard InChI is InChI=1S/C16H19ClN4O3/c1-10-8-11(2)21(20-10)9-15(22)18-19-16(23)12(3)24-14-6-4-13(17)5-7-14/h4-8,12H,9H2,1-3H3,(H,18,22)(H,19,23). The molecule has 2 amide bonds. The second-order valence-electron chi connectivity index (χ2n) is 5.34. The predicted molar refractivity (Wildman–Crippen MR) is 89.5 cm³/mol. The molecule has 2 aromatic rings. The Morgan fingerprint density at radius 2 is 1.92 bits per heavy atom. The van der Waals surface area contributed by atoms with Gasteiger partial charge >= 0.3 is 0 Å². The molecular formula is C16H19ClN4O3. The van der Waals surface area contributed by atoms with Crippen LogP contribution in [0.15, 0.2) is 30.3 Å². The van der Waals surface area contributed by atoms with Gasteiger partial charge in [-0.05, 0) is 51.1 Å². The Balaban J connectivity index is 1.80. The van der Waals surface area contributed by atoms with Crippen LogP contribution in [0.5, 0.6) is 5.75 Å². The van der Waals surface area contributed by atoms with Gasteiger partial charge < -0.3 is 4.74 Å². The minimum Gasteiger partial charge on any atom is -0.481 e. The summed E-state index contributed by atoms with van der Waals surface area (Å²) in [7, 11) is 0. The highest BCUT2D eigenvalue weighted by Crippen LogP contribution is 2.16. The molecule has 1 atom stereocenters. The number of benzene rings is 1. The monoisotopic (exact) mass is 350 g/mol. The fourth-order valence-electron chi connectivity index (χ4n) is 2.01. The molecule has 0 saturated heterocycles. The third-order valence-corrected chi connectivity index (χ3v) is 3.47. The number of nitrogens with zero attached hydrogens (tertiary/aromatic N) is 2. The van der Waals surface area contributed by atoms with E-state index >= 15 is 0 Å². The molecule has 24 heavy (non-hydrogen) atoms. The van der Waals surface area contributed by atoms with E-state index in [1.165, 1.54) is 0 Å². The Hall–Kier alpha value is -2.54. The lowest BCUT2D eigenvalue weighted by Crippen LogP contribution is -2.48. The predicted octanol–water partition coefficient (Wildman–Crippen LogP) is 1.77. The van der Waals surface area contributed by atoms with Crippen LogP contribution in [-0.2, 0) is 16.1 Å². The van der Waals surface area contributed by atoms with Crippen LogP contribution in [0.1, 0.15) is 18.3 Å². The van der Waals surface area contributed by atoms with Gasteiger partial charge in [-0.2, -0.15) is 5.10 Å². The first kappa shape index (κ1) is 17.8. The Kier molecular flexibility index (Phi) is 5.81. The highest BCUT2D eigenvalue weighted by molar-refractivity contribution is 6.30. The van der Waals surface area contributed by atoms with Crippen molar-refractivity contribution < 1.29 is 14.3 Å². The van der Waals surface area contributed by atoms with E-state index in [1.807, 2.05) is 19.9 Å². The largest absolute Gasteiger partial charge is 0.481 e. The van der Waals surface area contributed by atoms with Crippen LogP contribution in [0, 0.1) is 13.8 Å². The van der Waals surface area contributed by atoms with E-state index in [0.717, 1.165) is 11.4 Å². The average Bonchev–Trinajstić information content (AvgIpc) is 2.84. The molecule has 7 nitrogen and oxygen atoms in total. The average molecular weight is 351 g/mol. The Morgan fingerprint density at radius 3 is 2.50 bits per heavy atom. The highest BCUT2D eigenvalue weighted by Gasteiger charge is 2.16. The maximum atomic E-state index is 11.9. The molecule has 1 unspecified atom stereocenters. The Labute approximate surface area is 144 Å². The molecule has 2 rings (SSSR count).